The van der Waals surface area contributed by atoms with Crippen molar-refractivity contribution < 1.29 is 0 Å². The molecule has 0 atom stereocenters. The Morgan fingerprint density at radius 2 is 1.68 bits per heavy atom. The molecule has 100 valence electrons. The average molecular weight is 340 g/mol. The molecule has 2 aromatic rings. The van der Waals surface area contributed by atoms with E-state index in [2.05, 4.69) is 33.9 Å². The summed E-state index contributed by atoms with van der Waals surface area (Å²) in [4.78, 5) is 2.24. The smallest absolute Gasteiger partial charge is 0.0406 e. The van der Waals surface area contributed by atoms with Crippen molar-refractivity contribution in [3.63, 3.8) is 0 Å². The van der Waals surface area contributed by atoms with E-state index >= 15 is 0 Å². The molecule has 0 fully saturated rings. The van der Waals surface area contributed by atoms with Gasteiger partial charge in [-0.3, -0.25) is 4.90 Å². The summed E-state index contributed by atoms with van der Waals surface area (Å²) < 4.78 is 1.02. The zero-order valence-electron chi connectivity index (χ0n) is 10.7. The highest BCUT2D eigenvalue weighted by Gasteiger charge is 2.04. The van der Waals surface area contributed by atoms with Crippen molar-refractivity contribution in [1.82, 2.24) is 4.90 Å². The Labute approximate surface area is 127 Å². The van der Waals surface area contributed by atoms with Gasteiger partial charge in [0.1, 0.15) is 0 Å². The predicted molar refractivity (Wildman–Crippen MR) is 85.2 cm³/mol. The van der Waals surface area contributed by atoms with Crippen molar-refractivity contribution in [2.45, 2.75) is 13.1 Å². The van der Waals surface area contributed by atoms with E-state index in [-0.39, 0.29) is 0 Å². The number of hydrogen-bond acceptors (Lipinski definition) is 2. The van der Waals surface area contributed by atoms with Gasteiger partial charge in [-0.25, -0.2) is 0 Å². The molecule has 0 aliphatic carbocycles. The van der Waals surface area contributed by atoms with Gasteiger partial charge < -0.3 is 5.73 Å². The summed E-state index contributed by atoms with van der Waals surface area (Å²) in [7, 11) is 2.09. The molecule has 0 heterocycles. The van der Waals surface area contributed by atoms with Gasteiger partial charge in [0.2, 0.25) is 0 Å². The predicted octanol–water partition coefficient (Wildman–Crippen LogP) is 4.32. The van der Waals surface area contributed by atoms with E-state index in [0.29, 0.717) is 0 Å². The summed E-state index contributed by atoms with van der Waals surface area (Å²) in [5.41, 5.74) is 9.07. The molecule has 0 aliphatic rings. The Morgan fingerprint density at radius 1 is 1.05 bits per heavy atom. The fourth-order valence-electron chi connectivity index (χ4n) is 2.04. The molecule has 2 rings (SSSR count). The molecule has 0 aromatic heterocycles. The molecule has 0 saturated carbocycles. The zero-order chi connectivity index (χ0) is 13.8. The van der Waals surface area contributed by atoms with E-state index in [1.54, 1.807) is 0 Å². The third-order valence-electron chi connectivity index (χ3n) is 2.80. The maximum absolute atomic E-state index is 5.88. The summed E-state index contributed by atoms with van der Waals surface area (Å²) >= 11 is 9.34. The Balaban J connectivity index is 2.00. The Bertz CT molecular complexity index is 534. The number of rotatable bonds is 4. The van der Waals surface area contributed by atoms with E-state index in [4.69, 9.17) is 17.3 Å². The zero-order valence-corrected chi connectivity index (χ0v) is 13.1. The third kappa shape index (κ3) is 4.53. The van der Waals surface area contributed by atoms with Crippen molar-refractivity contribution >= 4 is 33.2 Å². The lowest BCUT2D eigenvalue weighted by Crippen LogP contribution is -2.17. The second-order valence-electron chi connectivity index (χ2n) is 4.69. The molecule has 0 aliphatic heterocycles. The number of benzene rings is 2. The molecule has 4 heteroatoms. The van der Waals surface area contributed by atoms with Crippen LogP contribution in [0.4, 0.5) is 5.69 Å². The van der Waals surface area contributed by atoms with E-state index in [9.17, 15) is 0 Å². The standard InChI is InChI=1S/C15H16BrClN2/c1-19(9-11-2-4-14(17)5-3-11)10-12-6-13(16)8-15(18)7-12/h2-8H,9-10,18H2,1H3. The van der Waals surface area contributed by atoms with Gasteiger partial charge >= 0.3 is 0 Å². The highest BCUT2D eigenvalue weighted by Crippen LogP contribution is 2.19. The molecule has 19 heavy (non-hydrogen) atoms. The van der Waals surface area contributed by atoms with Crippen LogP contribution in [-0.4, -0.2) is 11.9 Å². The van der Waals surface area contributed by atoms with Crippen LogP contribution in [0.2, 0.25) is 5.02 Å². The minimum atomic E-state index is 0.770. The van der Waals surface area contributed by atoms with Gasteiger partial charge in [-0.15, -0.1) is 0 Å². The third-order valence-corrected chi connectivity index (χ3v) is 3.51. The van der Waals surface area contributed by atoms with Crippen LogP contribution in [-0.2, 0) is 13.1 Å². The van der Waals surface area contributed by atoms with Crippen LogP contribution < -0.4 is 5.73 Å². The van der Waals surface area contributed by atoms with Crippen molar-refractivity contribution in [3.05, 3.63) is 63.1 Å². The molecule has 0 radical (unpaired) electrons. The molecule has 0 amide bonds. The Kier molecular flexibility index (Phi) is 4.86. The van der Waals surface area contributed by atoms with Crippen LogP contribution in [0.15, 0.2) is 46.9 Å². The molecule has 2 aromatic carbocycles. The van der Waals surface area contributed by atoms with Crippen molar-refractivity contribution in [2.75, 3.05) is 12.8 Å². The maximum atomic E-state index is 5.88. The molecule has 0 spiro atoms. The summed E-state index contributed by atoms with van der Waals surface area (Å²) in [6.45, 7) is 1.73. The lowest BCUT2D eigenvalue weighted by molar-refractivity contribution is 0.319. The van der Waals surface area contributed by atoms with Gasteiger partial charge in [-0.2, -0.15) is 0 Å². The molecule has 0 bridgehead atoms. The van der Waals surface area contributed by atoms with Crippen LogP contribution >= 0.6 is 27.5 Å². The van der Waals surface area contributed by atoms with Gasteiger partial charge in [0.25, 0.3) is 0 Å². The first-order valence-electron chi connectivity index (χ1n) is 6.01. The first-order chi connectivity index (χ1) is 9.02. The minimum absolute atomic E-state index is 0.770. The molecule has 2 N–H and O–H groups in total. The van der Waals surface area contributed by atoms with E-state index < -0.39 is 0 Å². The summed E-state index contributed by atoms with van der Waals surface area (Å²) in [5.74, 6) is 0. The number of anilines is 1. The van der Waals surface area contributed by atoms with E-state index in [0.717, 1.165) is 28.3 Å². The number of nitrogens with zero attached hydrogens (tertiary/aromatic N) is 1. The van der Waals surface area contributed by atoms with Gasteiger partial charge in [0.15, 0.2) is 0 Å². The van der Waals surface area contributed by atoms with Crippen molar-refractivity contribution in [1.29, 1.82) is 0 Å². The first-order valence-corrected chi connectivity index (χ1v) is 7.18. The molecule has 0 saturated heterocycles. The molecular formula is C15H16BrClN2. The Morgan fingerprint density at radius 3 is 2.32 bits per heavy atom. The highest BCUT2D eigenvalue weighted by atomic mass is 79.9. The fraction of sp³-hybridized carbons (Fsp3) is 0.200. The van der Waals surface area contributed by atoms with Gasteiger partial charge in [-0.05, 0) is 48.5 Å². The van der Waals surface area contributed by atoms with E-state index in [1.807, 2.05) is 36.4 Å². The monoisotopic (exact) mass is 338 g/mol. The quantitative estimate of drug-likeness (QED) is 0.841. The lowest BCUT2D eigenvalue weighted by atomic mass is 10.1. The second-order valence-corrected chi connectivity index (χ2v) is 6.04. The number of halogens is 2. The van der Waals surface area contributed by atoms with Crippen molar-refractivity contribution in [2.24, 2.45) is 0 Å². The molecule has 2 nitrogen and oxygen atoms in total. The van der Waals surface area contributed by atoms with Crippen LogP contribution in [0.5, 0.6) is 0 Å². The first kappa shape index (κ1) is 14.4. The summed E-state index contributed by atoms with van der Waals surface area (Å²) in [5, 5.41) is 0.770. The lowest BCUT2D eigenvalue weighted by Gasteiger charge is -2.17. The largest absolute Gasteiger partial charge is 0.399 e. The highest BCUT2D eigenvalue weighted by molar-refractivity contribution is 9.10. The number of nitrogen functional groups attached to an aromatic ring is 1. The normalized spacial score (nSPS) is 10.9. The topological polar surface area (TPSA) is 29.3 Å². The SMILES string of the molecule is CN(Cc1ccc(Cl)cc1)Cc1cc(N)cc(Br)c1. The minimum Gasteiger partial charge on any atom is -0.399 e. The molecular weight excluding hydrogens is 324 g/mol. The molecule has 0 unspecified atom stereocenters. The summed E-state index contributed by atoms with van der Waals surface area (Å²) in [6, 6.07) is 13.9. The average Bonchev–Trinajstić information content (AvgIpc) is 2.30. The fourth-order valence-corrected chi connectivity index (χ4v) is 2.72. The van der Waals surface area contributed by atoms with Crippen LogP contribution in [0.3, 0.4) is 0 Å². The number of hydrogen-bond donors (Lipinski definition) is 1. The van der Waals surface area contributed by atoms with Gasteiger partial charge in [0.05, 0.1) is 0 Å². The van der Waals surface area contributed by atoms with E-state index in [1.165, 1.54) is 11.1 Å². The second kappa shape index (κ2) is 6.42. The number of nitrogens with two attached hydrogens (primary N) is 1. The van der Waals surface area contributed by atoms with Crippen LogP contribution in [0.1, 0.15) is 11.1 Å². The Hall–Kier alpha value is -1.03. The van der Waals surface area contributed by atoms with Crippen LogP contribution in [0, 0.1) is 0 Å². The maximum Gasteiger partial charge on any atom is 0.0406 e. The van der Waals surface area contributed by atoms with Gasteiger partial charge in [0, 0.05) is 28.3 Å². The van der Waals surface area contributed by atoms with Gasteiger partial charge in [-0.1, -0.05) is 39.7 Å². The van der Waals surface area contributed by atoms with Crippen molar-refractivity contribution in [3.8, 4) is 0 Å². The van der Waals surface area contributed by atoms with Crippen LogP contribution in [0.25, 0.3) is 0 Å². The summed E-state index contributed by atoms with van der Waals surface area (Å²) in [6.07, 6.45) is 0.